The molecule has 1 heterocycles. The van der Waals surface area contributed by atoms with Crippen molar-refractivity contribution in [2.24, 2.45) is 10.9 Å². The fourth-order valence-electron chi connectivity index (χ4n) is 2.10. The molecule has 0 aromatic heterocycles. The Kier molecular flexibility index (Phi) is 4.72. The topological polar surface area (TPSA) is 53.5 Å². The van der Waals surface area contributed by atoms with E-state index in [2.05, 4.69) is 21.5 Å². The summed E-state index contributed by atoms with van der Waals surface area (Å²) >= 11 is 0. The molecule has 1 aliphatic rings. The third kappa shape index (κ3) is 3.58. The fourth-order valence-corrected chi connectivity index (χ4v) is 2.10. The first-order valence-corrected chi connectivity index (χ1v) is 6.49. The number of hydrogen-bond acceptors (Lipinski definition) is 3. The summed E-state index contributed by atoms with van der Waals surface area (Å²) in [6, 6.07) is 6.07. The average molecular weight is 273 g/mol. The quantitative estimate of drug-likeness (QED) is 0.825. The van der Waals surface area contributed by atoms with Crippen molar-refractivity contribution in [2.45, 2.75) is 12.8 Å². The molecule has 20 heavy (non-hydrogen) atoms. The third-order valence-corrected chi connectivity index (χ3v) is 3.04. The zero-order chi connectivity index (χ0) is 14.4. The number of halogens is 1. The molecule has 1 aromatic carbocycles. The van der Waals surface area contributed by atoms with Crippen LogP contribution in [0, 0.1) is 24.1 Å². The molecule has 2 rings (SSSR count). The molecule has 5 heteroatoms. The number of anilines is 1. The summed E-state index contributed by atoms with van der Waals surface area (Å²) in [7, 11) is 0. The maximum Gasteiger partial charge on any atom is 0.231 e. The van der Waals surface area contributed by atoms with Gasteiger partial charge in [-0.25, -0.2) is 4.39 Å². The number of amidine groups is 1. The van der Waals surface area contributed by atoms with Crippen molar-refractivity contribution in [1.29, 1.82) is 0 Å². The Balaban J connectivity index is 2.09. The van der Waals surface area contributed by atoms with E-state index in [1.54, 1.807) is 12.1 Å². The number of benzene rings is 1. The highest BCUT2D eigenvalue weighted by molar-refractivity contribution is 6.09. The maximum absolute atomic E-state index is 13.2. The van der Waals surface area contributed by atoms with Crippen LogP contribution >= 0.6 is 0 Å². The van der Waals surface area contributed by atoms with E-state index in [1.165, 1.54) is 12.1 Å². The van der Waals surface area contributed by atoms with E-state index in [0.29, 0.717) is 24.5 Å². The van der Waals surface area contributed by atoms with Gasteiger partial charge in [0, 0.05) is 12.2 Å². The van der Waals surface area contributed by atoms with E-state index in [1.807, 2.05) is 0 Å². The maximum atomic E-state index is 13.2. The number of terminal acetylenes is 1. The van der Waals surface area contributed by atoms with E-state index < -0.39 is 0 Å². The molecule has 0 spiro atoms. The summed E-state index contributed by atoms with van der Waals surface area (Å²) in [5.74, 6) is 2.09. The smallest absolute Gasteiger partial charge is 0.231 e. The first-order valence-electron chi connectivity index (χ1n) is 6.49. The second-order valence-corrected chi connectivity index (χ2v) is 4.52. The summed E-state index contributed by atoms with van der Waals surface area (Å²) in [5, 5.41) is 5.69. The SMILES string of the molecule is C#CCNC(=O)C1CCCN=C1Nc1cccc(F)c1. The predicted molar refractivity (Wildman–Crippen MR) is 76.9 cm³/mol. The first kappa shape index (κ1) is 14.1. The van der Waals surface area contributed by atoms with Gasteiger partial charge >= 0.3 is 0 Å². The lowest BCUT2D eigenvalue weighted by Crippen LogP contribution is -2.40. The van der Waals surface area contributed by atoms with Crippen LogP contribution < -0.4 is 10.6 Å². The molecular formula is C15H16FN3O. The molecule has 0 fully saturated rings. The molecule has 0 saturated carbocycles. The molecule has 104 valence electrons. The summed E-state index contributed by atoms with van der Waals surface area (Å²) in [6.07, 6.45) is 6.68. The van der Waals surface area contributed by atoms with E-state index >= 15 is 0 Å². The molecule has 0 aliphatic carbocycles. The number of nitrogens with zero attached hydrogens (tertiary/aromatic N) is 1. The van der Waals surface area contributed by atoms with Crippen molar-refractivity contribution in [3.63, 3.8) is 0 Å². The average Bonchev–Trinajstić information content (AvgIpc) is 2.45. The molecule has 2 N–H and O–H groups in total. The van der Waals surface area contributed by atoms with Crippen LogP contribution in [0.25, 0.3) is 0 Å². The molecule has 4 nitrogen and oxygen atoms in total. The van der Waals surface area contributed by atoms with Crippen molar-refractivity contribution in [3.05, 3.63) is 30.1 Å². The third-order valence-electron chi connectivity index (χ3n) is 3.04. The van der Waals surface area contributed by atoms with Gasteiger partial charge in [0.2, 0.25) is 5.91 Å². The van der Waals surface area contributed by atoms with Crippen LogP contribution in [0.2, 0.25) is 0 Å². The summed E-state index contributed by atoms with van der Waals surface area (Å²) in [5.41, 5.74) is 0.584. The Morgan fingerprint density at radius 3 is 3.15 bits per heavy atom. The molecule has 0 radical (unpaired) electrons. The summed E-state index contributed by atoms with van der Waals surface area (Å²) in [4.78, 5) is 16.4. The number of nitrogens with one attached hydrogen (secondary N) is 2. The number of amides is 1. The minimum absolute atomic E-state index is 0.148. The largest absolute Gasteiger partial charge is 0.345 e. The first-order chi connectivity index (χ1) is 9.70. The highest BCUT2D eigenvalue weighted by Crippen LogP contribution is 2.18. The minimum atomic E-state index is -0.361. The number of rotatable bonds is 3. The number of carbonyl (C=O) groups excluding carboxylic acids is 1. The Morgan fingerprint density at radius 2 is 2.40 bits per heavy atom. The highest BCUT2D eigenvalue weighted by atomic mass is 19.1. The van der Waals surface area contributed by atoms with E-state index in [-0.39, 0.29) is 24.2 Å². The zero-order valence-electron chi connectivity index (χ0n) is 11.0. The van der Waals surface area contributed by atoms with Crippen molar-refractivity contribution < 1.29 is 9.18 Å². The number of carbonyl (C=O) groups is 1. The zero-order valence-corrected chi connectivity index (χ0v) is 11.0. The lowest BCUT2D eigenvalue weighted by molar-refractivity contribution is -0.123. The molecule has 1 aliphatic heterocycles. The van der Waals surface area contributed by atoms with E-state index in [4.69, 9.17) is 6.42 Å². The van der Waals surface area contributed by atoms with Gasteiger partial charge in [-0.05, 0) is 31.0 Å². The van der Waals surface area contributed by atoms with Crippen LogP contribution in [0.1, 0.15) is 12.8 Å². The number of aliphatic imine (C=N–C) groups is 1. The Morgan fingerprint density at radius 1 is 1.55 bits per heavy atom. The lowest BCUT2D eigenvalue weighted by atomic mass is 9.97. The molecular weight excluding hydrogens is 257 g/mol. The molecule has 1 amide bonds. The Labute approximate surface area is 117 Å². The van der Waals surface area contributed by atoms with Crippen molar-refractivity contribution in [1.82, 2.24) is 5.32 Å². The van der Waals surface area contributed by atoms with E-state index in [0.717, 1.165) is 6.42 Å². The minimum Gasteiger partial charge on any atom is -0.345 e. The van der Waals surface area contributed by atoms with Gasteiger partial charge in [0.15, 0.2) is 0 Å². The van der Waals surface area contributed by atoms with Gasteiger partial charge in [-0.15, -0.1) is 6.42 Å². The van der Waals surface area contributed by atoms with Gasteiger partial charge in [0.05, 0.1) is 12.5 Å². The second kappa shape index (κ2) is 6.71. The van der Waals surface area contributed by atoms with Crippen LogP contribution in [-0.2, 0) is 4.79 Å². The molecule has 0 saturated heterocycles. The Hall–Kier alpha value is -2.35. The molecule has 1 atom stereocenters. The van der Waals surface area contributed by atoms with Crippen LogP contribution in [0.3, 0.4) is 0 Å². The van der Waals surface area contributed by atoms with Gasteiger partial charge < -0.3 is 10.6 Å². The summed E-state index contributed by atoms with van der Waals surface area (Å²) < 4.78 is 13.2. The Bertz CT molecular complexity index is 562. The number of hydrogen-bond donors (Lipinski definition) is 2. The van der Waals surface area contributed by atoms with Crippen LogP contribution in [0.4, 0.5) is 10.1 Å². The van der Waals surface area contributed by atoms with Gasteiger partial charge in [-0.1, -0.05) is 12.0 Å². The van der Waals surface area contributed by atoms with E-state index in [9.17, 15) is 9.18 Å². The van der Waals surface area contributed by atoms with Crippen molar-refractivity contribution in [2.75, 3.05) is 18.4 Å². The van der Waals surface area contributed by atoms with Crippen LogP contribution in [-0.4, -0.2) is 24.8 Å². The van der Waals surface area contributed by atoms with Gasteiger partial charge in [-0.3, -0.25) is 9.79 Å². The molecule has 1 aromatic rings. The second-order valence-electron chi connectivity index (χ2n) is 4.52. The van der Waals surface area contributed by atoms with Crippen molar-refractivity contribution in [3.8, 4) is 12.3 Å². The lowest BCUT2D eigenvalue weighted by Gasteiger charge is -2.23. The van der Waals surface area contributed by atoms with Crippen molar-refractivity contribution >= 4 is 17.4 Å². The molecule has 0 bridgehead atoms. The van der Waals surface area contributed by atoms with Gasteiger partial charge in [-0.2, -0.15) is 0 Å². The highest BCUT2D eigenvalue weighted by Gasteiger charge is 2.26. The fraction of sp³-hybridized carbons (Fsp3) is 0.333. The normalized spacial score (nSPS) is 17.8. The predicted octanol–water partition coefficient (Wildman–Crippen LogP) is 1.80. The monoisotopic (exact) mass is 273 g/mol. The van der Waals surface area contributed by atoms with Gasteiger partial charge in [0.25, 0.3) is 0 Å². The summed E-state index contributed by atoms with van der Waals surface area (Å²) in [6.45, 7) is 0.860. The standard InChI is InChI=1S/C15H16FN3O/c1-2-8-18-15(20)13-7-4-9-17-14(13)19-12-6-3-5-11(16)10-12/h1,3,5-6,10,13H,4,7-9H2,(H,17,19)(H,18,20). The van der Waals surface area contributed by atoms with Crippen LogP contribution in [0.15, 0.2) is 29.3 Å². The molecule has 1 unspecified atom stereocenters. The van der Waals surface area contributed by atoms with Gasteiger partial charge in [0.1, 0.15) is 11.7 Å². The van der Waals surface area contributed by atoms with Crippen LogP contribution in [0.5, 0.6) is 0 Å².